The van der Waals surface area contributed by atoms with Crippen molar-refractivity contribution in [2.24, 2.45) is 0 Å². The SMILES string of the molecule is CC.CCNc1ncc2c(n1)-c1nc(CC)sc1CC2. The summed E-state index contributed by atoms with van der Waals surface area (Å²) in [7, 11) is 0. The lowest BCUT2D eigenvalue weighted by atomic mass is 10.00. The molecule has 1 N–H and O–H groups in total. The number of aromatic nitrogens is 3. The molecule has 0 aliphatic heterocycles. The molecule has 20 heavy (non-hydrogen) atoms. The van der Waals surface area contributed by atoms with Crippen molar-refractivity contribution in [2.45, 2.75) is 47.0 Å². The molecule has 0 saturated carbocycles. The van der Waals surface area contributed by atoms with E-state index >= 15 is 0 Å². The van der Waals surface area contributed by atoms with Crippen LogP contribution < -0.4 is 5.32 Å². The number of thiazole rings is 1. The molecule has 0 unspecified atom stereocenters. The predicted octanol–water partition coefficient (Wildman–Crippen LogP) is 3.72. The van der Waals surface area contributed by atoms with Crippen LogP contribution in [0.2, 0.25) is 0 Å². The predicted molar refractivity (Wildman–Crippen MR) is 85.4 cm³/mol. The van der Waals surface area contributed by atoms with E-state index in [4.69, 9.17) is 4.98 Å². The minimum absolute atomic E-state index is 0.704. The summed E-state index contributed by atoms with van der Waals surface area (Å²) < 4.78 is 0. The topological polar surface area (TPSA) is 50.7 Å². The van der Waals surface area contributed by atoms with Crippen molar-refractivity contribution >= 4 is 17.3 Å². The Kier molecular flexibility index (Phi) is 5.06. The normalized spacial score (nSPS) is 12.0. The van der Waals surface area contributed by atoms with Gasteiger partial charge >= 0.3 is 0 Å². The lowest BCUT2D eigenvalue weighted by Crippen LogP contribution is -2.09. The quantitative estimate of drug-likeness (QED) is 0.936. The van der Waals surface area contributed by atoms with Crippen LogP contribution in [0.25, 0.3) is 11.4 Å². The average molecular weight is 290 g/mol. The van der Waals surface area contributed by atoms with Crippen LogP contribution in [0.15, 0.2) is 6.20 Å². The highest BCUT2D eigenvalue weighted by Crippen LogP contribution is 2.35. The van der Waals surface area contributed by atoms with Gasteiger partial charge in [0.25, 0.3) is 0 Å². The first-order chi connectivity index (χ1) is 9.81. The first-order valence-corrected chi connectivity index (χ1v) is 8.22. The van der Waals surface area contributed by atoms with Crippen molar-refractivity contribution < 1.29 is 0 Å². The summed E-state index contributed by atoms with van der Waals surface area (Å²) in [5, 5.41) is 4.37. The Morgan fingerprint density at radius 1 is 1.15 bits per heavy atom. The van der Waals surface area contributed by atoms with Gasteiger partial charge in [-0.2, -0.15) is 0 Å². The smallest absolute Gasteiger partial charge is 0.223 e. The van der Waals surface area contributed by atoms with Crippen molar-refractivity contribution in [3.05, 3.63) is 21.6 Å². The minimum atomic E-state index is 0.704. The molecule has 4 nitrogen and oxygen atoms in total. The van der Waals surface area contributed by atoms with Crippen LogP contribution in [0.3, 0.4) is 0 Å². The molecule has 1 aliphatic carbocycles. The number of rotatable bonds is 3. The van der Waals surface area contributed by atoms with Gasteiger partial charge in [0.2, 0.25) is 5.95 Å². The van der Waals surface area contributed by atoms with Gasteiger partial charge in [-0.15, -0.1) is 11.3 Å². The molecule has 0 amide bonds. The minimum Gasteiger partial charge on any atom is -0.354 e. The van der Waals surface area contributed by atoms with Gasteiger partial charge in [-0.3, -0.25) is 0 Å². The van der Waals surface area contributed by atoms with E-state index in [1.165, 1.54) is 15.4 Å². The maximum absolute atomic E-state index is 4.71. The fraction of sp³-hybridized carbons (Fsp3) is 0.533. The van der Waals surface area contributed by atoms with Crippen LogP contribution in [0.5, 0.6) is 0 Å². The van der Waals surface area contributed by atoms with Gasteiger partial charge in [-0.1, -0.05) is 20.8 Å². The monoisotopic (exact) mass is 290 g/mol. The summed E-state index contributed by atoms with van der Waals surface area (Å²) >= 11 is 1.83. The van der Waals surface area contributed by atoms with E-state index < -0.39 is 0 Å². The molecular weight excluding hydrogens is 268 g/mol. The second kappa shape index (κ2) is 6.79. The molecule has 0 bridgehead atoms. The average Bonchev–Trinajstić information content (AvgIpc) is 2.93. The summed E-state index contributed by atoms with van der Waals surface area (Å²) in [5.41, 5.74) is 3.33. The molecule has 0 aromatic carbocycles. The number of hydrogen-bond acceptors (Lipinski definition) is 5. The second-order valence-corrected chi connectivity index (χ2v) is 5.50. The standard InChI is InChI=1S/C13H16N4S.C2H6/c1-3-10-16-12-9(18-10)6-5-8-7-15-13(14-4-2)17-11(8)12;1-2/h7H,3-6H2,1-2H3,(H,14,15,17);1-2H3. The molecule has 1 aliphatic rings. The molecular formula is C15H22N4S. The van der Waals surface area contributed by atoms with Crippen LogP contribution in [0.1, 0.15) is 43.1 Å². The number of hydrogen-bond donors (Lipinski definition) is 1. The highest BCUT2D eigenvalue weighted by molar-refractivity contribution is 7.12. The Bertz CT molecular complexity index is 577. The fourth-order valence-corrected chi connectivity index (χ4v) is 3.20. The van der Waals surface area contributed by atoms with Gasteiger partial charge < -0.3 is 5.32 Å². The molecule has 5 heteroatoms. The fourth-order valence-electron chi connectivity index (χ4n) is 2.19. The number of aryl methyl sites for hydroxylation is 3. The Balaban J connectivity index is 0.000000704. The second-order valence-electron chi connectivity index (χ2n) is 4.33. The Morgan fingerprint density at radius 3 is 2.65 bits per heavy atom. The molecule has 0 spiro atoms. The molecule has 3 rings (SSSR count). The van der Waals surface area contributed by atoms with Crippen molar-refractivity contribution in [3.8, 4) is 11.4 Å². The van der Waals surface area contributed by atoms with Crippen molar-refractivity contribution in [2.75, 3.05) is 11.9 Å². The number of anilines is 1. The lowest BCUT2D eigenvalue weighted by molar-refractivity contribution is 0.915. The maximum atomic E-state index is 4.71. The van der Waals surface area contributed by atoms with Gasteiger partial charge in [0.15, 0.2) is 0 Å². The van der Waals surface area contributed by atoms with E-state index in [0.29, 0.717) is 5.95 Å². The zero-order chi connectivity index (χ0) is 14.5. The van der Waals surface area contributed by atoms with Crippen LogP contribution in [-0.2, 0) is 19.3 Å². The van der Waals surface area contributed by atoms with E-state index in [1.807, 2.05) is 38.3 Å². The number of fused-ring (bicyclic) bond motifs is 3. The summed E-state index contributed by atoms with van der Waals surface area (Å²) in [6.45, 7) is 9.03. The molecule has 0 saturated heterocycles. The van der Waals surface area contributed by atoms with Crippen molar-refractivity contribution in [1.82, 2.24) is 15.0 Å². The third kappa shape index (κ3) is 2.82. The number of nitrogens with zero attached hydrogens (tertiary/aromatic N) is 3. The largest absolute Gasteiger partial charge is 0.354 e. The molecule has 108 valence electrons. The molecule has 2 aromatic heterocycles. The van der Waals surface area contributed by atoms with Gasteiger partial charge in [0, 0.05) is 17.6 Å². The van der Waals surface area contributed by atoms with Crippen molar-refractivity contribution in [1.29, 1.82) is 0 Å². The Labute approximate surface area is 124 Å². The van der Waals surface area contributed by atoms with E-state index in [2.05, 4.69) is 22.2 Å². The van der Waals surface area contributed by atoms with Crippen LogP contribution in [0.4, 0.5) is 5.95 Å². The summed E-state index contributed by atoms with van der Waals surface area (Å²) in [4.78, 5) is 15.0. The van der Waals surface area contributed by atoms with Crippen molar-refractivity contribution in [3.63, 3.8) is 0 Å². The summed E-state index contributed by atoms with van der Waals surface area (Å²) in [6, 6.07) is 0. The van der Waals surface area contributed by atoms with Crippen LogP contribution in [-0.4, -0.2) is 21.5 Å². The van der Waals surface area contributed by atoms with Crippen LogP contribution in [0, 0.1) is 0 Å². The van der Waals surface area contributed by atoms with E-state index in [-0.39, 0.29) is 0 Å². The van der Waals surface area contributed by atoms with Crippen LogP contribution >= 0.6 is 11.3 Å². The first kappa shape index (κ1) is 14.9. The third-order valence-electron chi connectivity index (χ3n) is 3.09. The Morgan fingerprint density at radius 2 is 1.95 bits per heavy atom. The molecule has 0 fully saturated rings. The summed E-state index contributed by atoms with van der Waals surface area (Å²) in [5.74, 6) is 0.704. The van der Waals surface area contributed by atoms with E-state index in [1.54, 1.807) is 0 Å². The molecule has 0 radical (unpaired) electrons. The molecule has 2 heterocycles. The van der Waals surface area contributed by atoms with Gasteiger partial charge in [-0.25, -0.2) is 15.0 Å². The highest BCUT2D eigenvalue weighted by atomic mass is 32.1. The summed E-state index contributed by atoms with van der Waals surface area (Å²) in [6.07, 6.45) is 5.04. The first-order valence-electron chi connectivity index (χ1n) is 7.40. The lowest BCUT2D eigenvalue weighted by Gasteiger charge is -2.14. The zero-order valence-electron chi connectivity index (χ0n) is 12.7. The van der Waals surface area contributed by atoms with Gasteiger partial charge in [0.05, 0.1) is 10.7 Å². The molecule has 0 atom stereocenters. The molecule has 2 aromatic rings. The Hall–Kier alpha value is -1.49. The van der Waals surface area contributed by atoms with E-state index in [0.717, 1.165) is 37.2 Å². The maximum Gasteiger partial charge on any atom is 0.223 e. The zero-order valence-corrected chi connectivity index (χ0v) is 13.5. The van der Waals surface area contributed by atoms with Gasteiger partial charge in [-0.05, 0) is 31.7 Å². The number of nitrogens with one attached hydrogen (secondary N) is 1. The highest BCUT2D eigenvalue weighted by Gasteiger charge is 2.22. The van der Waals surface area contributed by atoms with Gasteiger partial charge in [0.1, 0.15) is 5.69 Å². The third-order valence-corrected chi connectivity index (χ3v) is 4.35. The van der Waals surface area contributed by atoms with E-state index in [9.17, 15) is 0 Å².